The van der Waals surface area contributed by atoms with Crippen LogP contribution in [-0.4, -0.2) is 5.33 Å². The second-order valence-corrected chi connectivity index (χ2v) is 6.23. The monoisotopic (exact) mass is 312 g/mol. The number of benzene rings is 1. The van der Waals surface area contributed by atoms with Gasteiger partial charge in [-0.2, -0.15) is 0 Å². The molecule has 1 atom stereocenters. The molecule has 18 heavy (non-hydrogen) atoms. The SMILES string of the molecule is Fc1ccc(CC(CBr)CCC2CCCC2)cc1. The molecule has 0 radical (unpaired) electrons. The van der Waals surface area contributed by atoms with Gasteiger partial charge in [-0.1, -0.05) is 60.2 Å². The molecular formula is C16H22BrF. The van der Waals surface area contributed by atoms with Crippen molar-refractivity contribution in [3.05, 3.63) is 35.6 Å². The Morgan fingerprint density at radius 3 is 2.44 bits per heavy atom. The summed E-state index contributed by atoms with van der Waals surface area (Å²) >= 11 is 3.62. The van der Waals surface area contributed by atoms with Gasteiger partial charge in [0.05, 0.1) is 0 Å². The minimum atomic E-state index is -0.139. The lowest BCUT2D eigenvalue weighted by Gasteiger charge is -2.16. The minimum Gasteiger partial charge on any atom is -0.207 e. The van der Waals surface area contributed by atoms with Crippen LogP contribution >= 0.6 is 15.9 Å². The molecule has 0 heterocycles. The predicted octanol–water partition coefficient (Wildman–Crippen LogP) is 5.35. The minimum absolute atomic E-state index is 0.139. The highest BCUT2D eigenvalue weighted by atomic mass is 79.9. The highest BCUT2D eigenvalue weighted by Gasteiger charge is 2.17. The third-order valence-electron chi connectivity index (χ3n) is 4.11. The van der Waals surface area contributed by atoms with E-state index in [2.05, 4.69) is 15.9 Å². The van der Waals surface area contributed by atoms with Gasteiger partial charge in [-0.25, -0.2) is 4.39 Å². The summed E-state index contributed by atoms with van der Waals surface area (Å²) in [5.74, 6) is 1.52. The maximum Gasteiger partial charge on any atom is 0.123 e. The van der Waals surface area contributed by atoms with Gasteiger partial charge in [0.25, 0.3) is 0 Å². The van der Waals surface area contributed by atoms with Crippen LogP contribution in [0.1, 0.15) is 44.1 Å². The van der Waals surface area contributed by atoms with Crippen LogP contribution in [-0.2, 0) is 6.42 Å². The molecule has 0 nitrogen and oxygen atoms in total. The summed E-state index contributed by atoms with van der Waals surface area (Å²) in [4.78, 5) is 0. The Labute approximate surface area is 118 Å². The molecule has 2 rings (SSSR count). The molecule has 1 unspecified atom stereocenters. The van der Waals surface area contributed by atoms with Gasteiger partial charge in [-0.15, -0.1) is 0 Å². The van der Waals surface area contributed by atoms with Crippen LogP contribution in [0.25, 0.3) is 0 Å². The molecule has 0 aromatic heterocycles. The van der Waals surface area contributed by atoms with Crippen LogP contribution in [0.4, 0.5) is 4.39 Å². The third-order valence-corrected chi connectivity index (χ3v) is 5.03. The van der Waals surface area contributed by atoms with Gasteiger partial charge in [-0.3, -0.25) is 0 Å². The molecule has 1 saturated carbocycles. The molecule has 0 spiro atoms. The smallest absolute Gasteiger partial charge is 0.123 e. The zero-order chi connectivity index (χ0) is 12.8. The zero-order valence-electron chi connectivity index (χ0n) is 10.9. The van der Waals surface area contributed by atoms with Crippen molar-refractivity contribution in [1.82, 2.24) is 0 Å². The van der Waals surface area contributed by atoms with Crippen molar-refractivity contribution < 1.29 is 4.39 Å². The fourth-order valence-corrected chi connectivity index (χ4v) is 3.51. The molecule has 0 bridgehead atoms. The van der Waals surface area contributed by atoms with Crippen molar-refractivity contribution in [3.63, 3.8) is 0 Å². The first-order chi connectivity index (χ1) is 8.78. The summed E-state index contributed by atoms with van der Waals surface area (Å²) in [5.41, 5.74) is 1.26. The molecule has 2 heteroatoms. The van der Waals surface area contributed by atoms with Crippen LogP contribution in [0.15, 0.2) is 24.3 Å². The van der Waals surface area contributed by atoms with E-state index in [0.717, 1.165) is 17.7 Å². The first kappa shape index (κ1) is 14.0. The number of alkyl halides is 1. The van der Waals surface area contributed by atoms with Crippen molar-refractivity contribution >= 4 is 15.9 Å². The van der Waals surface area contributed by atoms with Gasteiger partial charge < -0.3 is 0 Å². The Bertz CT molecular complexity index is 341. The Morgan fingerprint density at radius 1 is 1.17 bits per heavy atom. The highest BCUT2D eigenvalue weighted by Crippen LogP contribution is 2.30. The second-order valence-electron chi connectivity index (χ2n) is 5.58. The summed E-state index contributed by atoms with van der Waals surface area (Å²) < 4.78 is 12.8. The van der Waals surface area contributed by atoms with Gasteiger partial charge in [0.15, 0.2) is 0 Å². The Hall–Kier alpha value is -0.370. The lowest BCUT2D eigenvalue weighted by atomic mass is 9.91. The van der Waals surface area contributed by atoms with Crippen LogP contribution in [0.3, 0.4) is 0 Å². The molecule has 0 amide bonds. The van der Waals surface area contributed by atoms with E-state index in [1.165, 1.54) is 44.1 Å². The van der Waals surface area contributed by atoms with Crippen molar-refractivity contribution in [2.24, 2.45) is 11.8 Å². The Kier molecular flexibility index (Phi) is 5.68. The molecule has 0 N–H and O–H groups in total. The van der Waals surface area contributed by atoms with Gasteiger partial charge in [-0.05, 0) is 42.4 Å². The van der Waals surface area contributed by atoms with Gasteiger partial charge >= 0.3 is 0 Å². The molecule has 1 aromatic carbocycles. The maximum atomic E-state index is 12.8. The van der Waals surface area contributed by atoms with E-state index >= 15 is 0 Å². The van der Waals surface area contributed by atoms with Gasteiger partial charge in [0.2, 0.25) is 0 Å². The lowest BCUT2D eigenvalue weighted by molar-refractivity contribution is 0.419. The Morgan fingerprint density at radius 2 is 1.83 bits per heavy atom. The standard InChI is InChI=1S/C16H22BrF/c17-12-15(6-5-13-3-1-2-4-13)11-14-7-9-16(18)10-8-14/h7-10,13,15H,1-6,11-12H2. The number of hydrogen-bond acceptors (Lipinski definition) is 0. The summed E-state index contributed by atoms with van der Waals surface area (Å²) in [6.07, 6.45) is 9.48. The van der Waals surface area contributed by atoms with Crippen molar-refractivity contribution in [1.29, 1.82) is 0 Å². The molecule has 1 fully saturated rings. The third kappa shape index (κ3) is 4.38. The van der Waals surface area contributed by atoms with E-state index in [1.54, 1.807) is 12.1 Å². The first-order valence-electron chi connectivity index (χ1n) is 7.08. The van der Waals surface area contributed by atoms with E-state index in [4.69, 9.17) is 0 Å². The van der Waals surface area contributed by atoms with Crippen LogP contribution in [0, 0.1) is 17.7 Å². The van der Waals surface area contributed by atoms with E-state index in [-0.39, 0.29) is 5.82 Å². The second kappa shape index (κ2) is 7.28. The van der Waals surface area contributed by atoms with Crippen molar-refractivity contribution in [3.8, 4) is 0 Å². The van der Waals surface area contributed by atoms with E-state index in [9.17, 15) is 4.39 Å². The normalized spacial score (nSPS) is 18.1. The largest absolute Gasteiger partial charge is 0.207 e. The Balaban J connectivity index is 1.79. The fourth-order valence-electron chi connectivity index (χ4n) is 2.96. The van der Waals surface area contributed by atoms with Crippen molar-refractivity contribution in [2.75, 3.05) is 5.33 Å². The molecule has 1 aromatic rings. The lowest BCUT2D eigenvalue weighted by Crippen LogP contribution is -2.08. The average molecular weight is 313 g/mol. The number of rotatable bonds is 6. The highest BCUT2D eigenvalue weighted by molar-refractivity contribution is 9.09. The topological polar surface area (TPSA) is 0 Å². The van der Waals surface area contributed by atoms with Crippen LogP contribution < -0.4 is 0 Å². The van der Waals surface area contributed by atoms with E-state index in [1.807, 2.05) is 12.1 Å². The molecule has 1 aliphatic carbocycles. The average Bonchev–Trinajstić information content (AvgIpc) is 2.90. The molecular weight excluding hydrogens is 291 g/mol. The predicted molar refractivity (Wildman–Crippen MR) is 78.6 cm³/mol. The molecule has 1 aliphatic rings. The number of halogens is 2. The maximum absolute atomic E-state index is 12.8. The van der Waals surface area contributed by atoms with Crippen molar-refractivity contribution in [2.45, 2.75) is 44.9 Å². The first-order valence-corrected chi connectivity index (χ1v) is 8.20. The quantitative estimate of drug-likeness (QED) is 0.621. The summed E-state index contributed by atoms with van der Waals surface area (Å²) in [6, 6.07) is 6.97. The van der Waals surface area contributed by atoms with Crippen LogP contribution in [0.2, 0.25) is 0 Å². The zero-order valence-corrected chi connectivity index (χ0v) is 12.5. The summed E-state index contributed by atoms with van der Waals surface area (Å²) in [5, 5.41) is 1.05. The van der Waals surface area contributed by atoms with Gasteiger partial charge in [0.1, 0.15) is 5.82 Å². The molecule has 100 valence electrons. The fraction of sp³-hybridized carbons (Fsp3) is 0.625. The van der Waals surface area contributed by atoms with Crippen LogP contribution in [0.5, 0.6) is 0 Å². The summed E-state index contributed by atoms with van der Waals surface area (Å²) in [6.45, 7) is 0. The van der Waals surface area contributed by atoms with Gasteiger partial charge in [0, 0.05) is 5.33 Å². The number of hydrogen-bond donors (Lipinski definition) is 0. The summed E-state index contributed by atoms with van der Waals surface area (Å²) in [7, 11) is 0. The molecule has 0 saturated heterocycles. The molecule has 0 aliphatic heterocycles. The van der Waals surface area contributed by atoms with E-state index < -0.39 is 0 Å². The van der Waals surface area contributed by atoms with E-state index in [0.29, 0.717) is 5.92 Å².